The van der Waals surface area contributed by atoms with Crippen molar-refractivity contribution in [2.45, 2.75) is 39.0 Å². The molecule has 1 aromatic rings. The first-order valence-electron chi connectivity index (χ1n) is 7.40. The van der Waals surface area contributed by atoms with Crippen molar-refractivity contribution in [2.75, 3.05) is 23.7 Å². The van der Waals surface area contributed by atoms with Gasteiger partial charge in [-0.25, -0.2) is 0 Å². The van der Waals surface area contributed by atoms with E-state index >= 15 is 0 Å². The zero-order valence-corrected chi connectivity index (χ0v) is 12.0. The highest BCUT2D eigenvalue weighted by molar-refractivity contribution is 5.62. The van der Waals surface area contributed by atoms with Crippen molar-refractivity contribution >= 4 is 17.1 Å². The minimum absolute atomic E-state index is 0.0781. The molecule has 2 N–H and O–H groups in total. The Kier molecular flexibility index (Phi) is 4.82. The van der Waals surface area contributed by atoms with Crippen LogP contribution in [0.5, 0.6) is 0 Å². The summed E-state index contributed by atoms with van der Waals surface area (Å²) in [7, 11) is 0. The Morgan fingerprint density at radius 2 is 2.15 bits per heavy atom. The molecule has 1 aromatic carbocycles. The van der Waals surface area contributed by atoms with Gasteiger partial charge in [-0.15, -0.1) is 0 Å². The summed E-state index contributed by atoms with van der Waals surface area (Å²) in [5, 5.41) is 10.9. The van der Waals surface area contributed by atoms with E-state index in [1.165, 1.54) is 25.3 Å². The number of nitro groups is 1. The standard InChI is InChI=1S/C15H23N3O2/c1-2-4-12-5-3-7-17(8-6-12)14-9-13(16)10-15(11-14)18(19)20/h9-12H,2-8,16H2,1H3. The zero-order valence-electron chi connectivity index (χ0n) is 12.0. The Balaban J connectivity index is 2.13. The lowest BCUT2D eigenvalue weighted by molar-refractivity contribution is -0.384. The Bertz CT molecular complexity index is 476. The minimum atomic E-state index is -0.377. The van der Waals surface area contributed by atoms with Gasteiger partial charge in [-0.05, 0) is 31.2 Å². The van der Waals surface area contributed by atoms with E-state index in [0.717, 1.165) is 37.5 Å². The van der Waals surface area contributed by atoms with Gasteiger partial charge in [0.25, 0.3) is 5.69 Å². The second kappa shape index (κ2) is 6.59. The van der Waals surface area contributed by atoms with Gasteiger partial charge in [0, 0.05) is 36.6 Å². The number of benzene rings is 1. The fourth-order valence-corrected chi connectivity index (χ4v) is 3.03. The Morgan fingerprint density at radius 1 is 1.35 bits per heavy atom. The summed E-state index contributed by atoms with van der Waals surface area (Å²) in [6.07, 6.45) is 6.08. The summed E-state index contributed by atoms with van der Waals surface area (Å²) in [4.78, 5) is 12.8. The Morgan fingerprint density at radius 3 is 2.85 bits per heavy atom. The van der Waals surface area contributed by atoms with Crippen molar-refractivity contribution in [3.63, 3.8) is 0 Å². The second-order valence-electron chi connectivity index (χ2n) is 5.61. The fraction of sp³-hybridized carbons (Fsp3) is 0.600. The van der Waals surface area contributed by atoms with Crippen LogP contribution in [0.15, 0.2) is 18.2 Å². The van der Waals surface area contributed by atoms with Crippen molar-refractivity contribution < 1.29 is 4.92 Å². The Hall–Kier alpha value is -1.78. The van der Waals surface area contributed by atoms with Gasteiger partial charge in [0.2, 0.25) is 0 Å². The predicted molar refractivity (Wildman–Crippen MR) is 82.0 cm³/mol. The van der Waals surface area contributed by atoms with Crippen molar-refractivity contribution in [1.29, 1.82) is 0 Å². The molecule has 1 unspecified atom stereocenters. The lowest BCUT2D eigenvalue weighted by atomic mass is 9.96. The third kappa shape index (κ3) is 3.62. The molecule has 0 saturated carbocycles. The topological polar surface area (TPSA) is 72.4 Å². The highest BCUT2D eigenvalue weighted by atomic mass is 16.6. The Labute approximate surface area is 119 Å². The molecule has 20 heavy (non-hydrogen) atoms. The monoisotopic (exact) mass is 277 g/mol. The first-order chi connectivity index (χ1) is 9.60. The maximum absolute atomic E-state index is 10.9. The molecule has 0 aliphatic carbocycles. The van der Waals surface area contributed by atoms with E-state index in [9.17, 15) is 10.1 Å². The third-order valence-electron chi connectivity index (χ3n) is 4.05. The van der Waals surface area contributed by atoms with Gasteiger partial charge in [-0.2, -0.15) is 0 Å². The number of anilines is 2. The van der Waals surface area contributed by atoms with Crippen molar-refractivity contribution in [2.24, 2.45) is 5.92 Å². The number of nitrogen functional groups attached to an aromatic ring is 1. The van der Waals surface area contributed by atoms with Crippen molar-refractivity contribution in [3.8, 4) is 0 Å². The number of hydrogen-bond acceptors (Lipinski definition) is 4. The molecule has 0 radical (unpaired) electrons. The molecule has 5 heteroatoms. The van der Waals surface area contributed by atoms with E-state index in [2.05, 4.69) is 11.8 Å². The molecule has 1 saturated heterocycles. The van der Waals surface area contributed by atoms with Crippen LogP contribution in [0.25, 0.3) is 0 Å². The minimum Gasteiger partial charge on any atom is -0.398 e. The van der Waals surface area contributed by atoms with Gasteiger partial charge in [-0.1, -0.05) is 19.8 Å². The van der Waals surface area contributed by atoms with Crippen molar-refractivity contribution in [3.05, 3.63) is 28.3 Å². The van der Waals surface area contributed by atoms with Crippen LogP contribution in [0, 0.1) is 16.0 Å². The molecular formula is C15H23N3O2. The van der Waals surface area contributed by atoms with E-state index in [1.54, 1.807) is 6.07 Å². The van der Waals surface area contributed by atoms with E-state index in [1.807, 2.05) is 6.07 Å². The molecule has 5 nitrogen and oxygen atoms in total. The molecule has 1 atom stereocenters. The quantitative estimate of drug-likeness (QED) is 0.518. The number of nitrogens with zero attached hydrogens (tertiary/aromatic N) is 2. The van der Waals surface area contributed by atoms with E-state index in [4.69, 9.17) is 5.73 Å². The normalized spacial score (nSPS) is 19.6. The van der Waals surface area contributed by atoms with Crippen LogP contribution < -0.4 is 10.6 Å². The first-order valence-corrected chi connectivity index (χ1v) is 7.40. The van der Waals surface area contributed by atoms with Gasteiger partial charge in [0.1, 0.15) is 0 Å². The number of rotatable bonds is 4. The SMILES string of the molecule is CCCC1CCCN(c2cc(N)cc([N+](=O)[O-])c2)CC1. The van der Waals surface area contributed by atoms with Crippen molar-refractivity contribution in [1.82, 2.24) is 0 Å². The summed E-state index contributed by atoms with van der Waals surface area (Å²) in [5.41, 5.74) is 7.21. The highest BCUT2D eigenvalue weighted by Crippen LogP contribution is 2.29. The lowest BCUT2D eigenvalue weighted by Crippen LogP contribution is -2.24. The van der Waals surface area contributed by atoms with Crippen LogP contribution >= 0.6 is 0 Å². The average Bonchev–Trinajstić information content (AvgIpc) is 2.64. The molecule has 1 aliphatic rings. The number of nitrogens with two attached hydrogens (primary N) is 1. The van der Waals surface area contributed by atoms with E-state index < -0.39 is 0 Å². The molecule has 2 rings (SSSR count). The molecule has 110 valence electrons. The molecule has 1 fully saturated rings. The summed E-state index contributed by atoms with van der Waals surface area (Å²) < 4.78 is 0. The highest BCUT2D eigenvalue weighted by Gasteiger charge is 2.18. The molecule has 0 bridgehead atoms. The third-order valence-corrected chi connectivity index (χ3v) is 4.05. The lowest BCUT2D eigenvalue weighted by Gasteiger charge is -2.23. The molecule has 0 spiro atoms. The fourth-order valence-electron chi connectivity index (χ4n) is 3.03. The second-order valence-corrected chi connectivity index (χ2v) is 5.61. The number of nitro benzene ring substituents is 1. The smallest absolute Gasteiger partial charge is 0.273 e. The van der Waals surface area contributed by atoms with Gasteiger partial charge in [0.15, 0.2) is 0 Å². The summed E-state index contributed by atoms with van der Waals surface area (Å²) >= 11 is 0. The molecule has 1 aliphatic heterocycles. The van der Waals surface area contributed by atoms with Crippen LogP contribution in [0.3, 0.4) is 0 Å². The predicted octanol–water partition coefficient (Wildman–Crippen LogP) is 3.58. The van der Waals surface area contributed by atoms with Crippen LogP contribution in [-0.2, 0) is 0 Å². The zero-order chi connectivity index (χ0) is 14.5. The number of hydrogen-bond donors (Lipinski definition) is 1. The van der Waals surface area contributed by atoms with Crippen LogP contribution in [-0.4, -0.2) is 18.0 Å². The maximum atomic E-state index is 10.9. The molecule has 0 amide bonds. The van der Waals surface area contributed by atoms with Gasteiger partial charge < -0.3 is 10.6 Å². The molecule has 1 heterocycles. The summed E-state index contributed by atoms with van der Waals surface area (Å²) in [6.45, 7) is 4.15. The number of non-ortho nitro benzene ring substituents is 1. The average molecular weight is 277 g/mol. The first kappa shape index (κ1) is 14.6. The van der Waals surface area contributed by atoms with Gasteiger partial charge >= 0.3 is 0 Å². The van der Waals surface area contributed by atoms with Gasteiger partial charge in [0.05, 0.1) is 4.92 Å². The summed E-state index contributed by atoms with van der Waals surface area (Å²) in [5.74, 6) is 0.793. The van der Waals surface area contributed by atoms with Crippen LogP contribution in [0.1, 0.15) is 39.0 Å². The largest absolute Gasteiger partial charge is 0.398 e. The maximum Gasteiger partial charge on any atom is 0.273 e. The van der Waals surface area contributed by atoms with E-state index in [0.29, 0.717) is 5.69 Å². The summed E-state index contributed by atoms with van der Waals surface area (Å²) in [6, 6.07) is 4.89. The van der Waals surface area contributed by atoms with Gasteiger partial charge in [-0.3, -0.25) is 10.1 Å². The molecule has 0 aromatic heterocycles. The molecular weight excluding hydrogens is 254 g/mol. The van der Waals surface area contributed by atoms with E-state index in [-0.39, 0.29) is 10.6 Å². The van der Waals surface area contributed by atoms with Crippen LogP contribution in [0.2, 0.25) is 0 Å². The van der Waals surface area contributed by atoms with Crippen LogP contribution in [0.4, 0.5) is 17.1 Å².